The van der Waals surface area contributed by atoms with Crippen LogP contribution >= 0.6 is 0 Å². The van der Waals surface area contributed by atoms with Crippen LogP contribution in [0.1, 0.15) is 12.8 Å². The molecular formula is C15H15N5O2. The molecule has 3 aromatic rings. The largest absolute Gasteiger partial charge is 0.474 e. The van der Waals surface area contributed by atoms with Crippen molar-refractivity contribution in [3.8, 4) is 17.3 Å². The number of pyridine rings is 1. The van der Waals surface area contributed by atoms with E-state index in [-0.39, 0.29) is 6.10 Å². The first-order valence-electron chi connectivity index (χ1n) is 7.25. The van der Waals surface area contributed by atoms with Crippen LogP contribution in [0.2, 0.25) is 0 Å². The summed E-state index contributed by atoms with van der Waals surface area (Å²) in [5.41, 5.74) is 2.35. The van der Waals surface area contributed by atoms with E-state index in [1.165, 1.54) is 6.33 Å². The maximum atomic E-state index is 6.09. The fourth-order valence-corrected chi connectivity index (χ4v) is 2.59. The van der Waals surface area contributed by atoms with E-state index in [4.69, 9.17) is 9.47 Å². The lowest BCUT2D eigenvalue weighted by Crippen LogP contribution is -2.26. The topological polar surface area (TPSA) is 85.8 Å². The normalized spacial score (nSPS) is 16.0. The number of ether oxygens (including phenoxy) is 2. The molecular weight excluding hydrogens is 282 g/mol. The highest BCUT2D eigenvalue weighted by Crippen LogP contribution is 2.32. The number of fused-ring (bicyclic) bond motifs is 1. The molecule has 0 unspecified atom stereocenters. The van der Waals surface area contributed by atoms with Crippen LogP contribution in [-0.4, -0.2) is 44.5 Å². The van der Waals surface area contributed by atoms with Gasteiger partial charge in [0.1, 0.15) is 18.1 Å². The maximum absolute atomic E-state index is 6.09. The average Bonchev–Trinajstić information content (AvgIpc) is 3.02. The van der Waals surface area contributed by atoms with Gasteiger partial charge >= 0.3 is 0 Å². The lowest BCUT2D eigenvalue weighted by atomic mass is 10.1. The molecule has 0 radical (unpaired) electrons. The van der Waals surface area contributed by atoms with Gasteiger partial charge in [-0.3, -0.25) is 5.10 Å². The van der Waals surface area contributed by atoms with E-state index in [0.717, 1.165) is 48.3 Å². The SMILES string of the molecule is c1cc(-c2n[nH]c3ccnc(OC4CCOCC4)c23)ncn1. The molecule has 0 spiro atoms. The summed E-state index contributed by atoms with van der Waals surface area (Å²) < 4.78 is 11.5. The Kier molecular flexibility index (Phi) is 3.40. The van der Waals surface area contributed by atoms with Crippen molar-refractivity contribution in [2.45, 2.75) is 18.9 Å². The minimum Gasteiger partial charge on any atom is -0.474 e. The highest BCUT2D eigenvalue weighted by Gasteiger charge is 2.20. The van der Waals surface area contributed by atoms with Gasteiger partial charge in [0, 0.05) is 25.2 Å². The second kappa shape index (κ2) is 5.69. The van der Waals surface area contributed by atoms with Crippen molar-refractivity contribution >= 4 is 10.9 Å². The molecule has 0 bridgehead atoms. The van der Waals surface area contributed by atoms with E-state index in [1.807, 2.05) is 12.1 Å². The van der Waals surface area contributed by atoms with E-state index >= 15 is 0 Å². The Labute approximate surface area is 126 Å². The van der Waals surface area contributed by atoms with Crippen LogP contribution in [0.3, 0.4) is 0 Å². The quantitative estimate of drug-likeness (QED) is 0.795. The van der Waals surface area contributed by atoms with Crippen molar-refractivity contribution in [2.75, 3.05) is 13.2 Å². The van der Waals surface area contributed by atoms with Crippen LogP contribution in [0.25, 0.3) is 22.3 Å². The first-order chi connectivity index (χ1) is 10.9. The van der Waals surface area contributed by atoms with Crippen molar-refractivity contribution in [1.29, 1.82) is 0 Å². The van der Waals surface area contributed by atoms with Gasteiger partial charge in [-0.15, -0.1) is 0 Å². The Hall–Kier alpha value is -2.54. The maximum Gasteiger partial charge on any atom is 0.225 e. The zero-order valence-electron chi connectivity index (χ0n) is 11.9. The van der Waals surface area contributed by atoms with Gasteiger partial charge in [0.2, 0.25) is 5.88 Å². The second-order valence-corrected chi connectivity index (χ2v) is 5.14. The van der Waals surface area contributed by atoms with Crippen molar-refractivity contribution in [3.63, 3.8) is 0 Å². The standard InChI is InChI=1S/C15H15N5O2/c1-5-16-9-18-12(1)14-13-11(19-20-14)2-6-17-15(13)22-10-3-7-21-8-4-10/h1-2,5-6,9-10H,3-4,7-8H2,(H,19,20). The summed E-state index contributed by atoms with van der Waals surface area (Å²) in [6.07, 6.45) is 6.79. The van der Waals surface area contributed by atoms with E-state index < -0.39 is 0 Å². The summed E-state index contributed by atoms with van der Waals surface area (Å²) in [5.74, 6) is 0.590. The first kappa shape index (κ1) is 13.1. The first-order valence-corrected chi connectivity index (χ1v) is 7.25. The predicted molar refractivity (Wildman–Crippen MR) is 79.4 cm³/mol. The van der Waals surface area contributed by atoms with Crippen molar-refractivity contribution in [2.24, 2.45) is 0 Å². The third-order valence-electron chi connectivity index (χ3n) is 3.71. The van der Waals surface area contributed by atoms with Crippen molar-refractivity contribution in [3.05, 3.63) is 30.9 Å². The summed E-state index contributed by atoms with van der Waals surface area (Å²) in [4.78, 5) is 12.6. The molecule has 0 amide bonds. The third kappa shape index (κ3) is 2.39. The summed E-state index contributed by atoms with van der Waals surface area (Å²) in [6, 6.07) is 3.70. The molecule has 1 N–H and O–H groups in total. The Morgan fingerprint density at radius 3 is 2.86 bits per heavy atom. The average molecular weight is 297 g/mol. The molecule has 0 aliphatic carbocycles. The zero-order chi connectivity index (χ0) is 14.8. The van der Waals surface area contributed by atoms with Gasteiger partial charge in [0.15, 0.2) is 0 Å². The second-order valence-electron chi connectivity index (χ2n) is 5.14. The minimum absolute atomic E-state index is 0.125. The number of aromatic nitrogens is 5. The van der Waals surface area contributed by atoms with E-state index in [9.17, 15) is 0 Å². The van der Waals surface area contributed by atoms with Crippen LogP contribution in [0.15, 0.2) is 30.9 Å². The molecule has 1 aliphatic heterocycles. The minimum atomic E-state index is 0.125. The van der Waals surface area contributed by atoms with Crippen LogP contribution < -0.4 is 4.74 Å². The fourth-order valence-electron chi connectivity index (χ4n) is 2.59. The molecule has 112 valence electrons. The zero-order valence-corrected chi connectivity index (χ0v) is 11.9. The predicted octanol–water partition coefficient (Wildman–Crippen LogP) is 1.97. The monoisotopic (exact) mass is 297 g/mol. The molecule has 1 aliphatic rings. The number of hydrogen-bond acceptors (Lipinski definition) is 6. The Morgan fingerprint density at radius 2 is 2.05 bits per heavy atom. The molecule has 7 nitrogen and oxygen atoms in total. The highest BCUT2D eigenvalue weighted by atomic mass is 16.5. The van der Waals surface area contributed by atoms with Gasteiger partial charge in [-0.2, -0.15) is 5.10 Å². The molecule has 4 rings (SSSR count). The van der Waals surface area contributed by atoms with E-state index in [1.54, 1.807) is 12.4 Å². The van der Waals surface area contributed by atoms with Crippen molar-refractivity contribution in [1.82, 2.24) is 25.1 Å². The van der Waals surface area contributed by atoms with Crippen LogP contribution in [0.4, 0.5) is 0 Å². The lowest BCUT2D eigenvalue weighted by Gasteiger charge is -2.23. The number of nitrogens with zero attached hydrogens (tertiary/aromatic N) is 4. The molecule has 0 atom stereocenters. The molecule has 0 aromatic carbocycles. The molecule has 4 heterocycles. The van der Waals surface area contributed by atoms with E-state index in [2.05, 4.69) is 25.1 Å². The number of rotatable bonds is 3. The third-order valence-corrected chi connectivity index (χ3v) is 3.71. The smallest absolute Gasteiger partial charge is 0.225 e. The van der Waals surface area contributed by atoms with Crippen molar-refractivity contribution < 1.29 is 9.47 Å². The Morgan fingerprint density at radius 1 is 1.14 bits per heavy atom. The Balaban J connectivity index is 1.76. The molecule has 22 heavy (non-hydrogen) atoms. The molecule has 1 fully saturated rings. The molecule has 1 saturated heterocycles. The number of hydrogen-bond donors (Lipinski definition) is 1. The lowest BCUT2D eigenvalue weighted by molar-refractivity contribution is 0.0244. The van der Waals surface area contributed by atoms with Gasteiger partial charge in [-0.05, 0) is 12.1 Å². The summed E-state index contributed by atoms with van der Waals surface area (Å²) >= 11 is 0. The summed E-state index contributed by atoms with van der Waals surface area (Å²) in [5, 5.41) is 8.22. The fraction of sp³-hybridized carbons (Fsp3) is 0.333. The highest BCUT2D eigenvalue weighted by molar-refractivity contribution is 5.95. The molecule has 0 saturated carbocycles. The van der Waals surface area contributed by atoms with Crippen LogP contribution in [0.5, 0.6) is 5.88 Å². The van der Waals surface area contributed by atoms with E-state index in [0.29, 0.717) is 5.88 Å². The summed E-state index contributed by atoms with van der Waals surface area (Å²) in [6.45, 7) is 1.45. The van der Waals surface area contributed by atoms with Gasteiger partial charge in [0.25, 0.3) is 0 Å². The van der Waals surface area contributed by atoms with Gasteiger partial charge < -0.3 is 9.47 Å². The van der Waals surface area contributed by atoms with Gasteiger partial charge in [-0.1, -0.05) is 0 Å². The molecule has 3 aromatic heterocycles. The van der Waals surface area contributed by atoms with Crippen LogP contribution in [-0.2, 0) is 4.74 Å². The van der Waals surface area contributed by atoms with Crippen LogP contribution in [0, 0.1) is 0 Å². The molecule has 7 heteroatoms. The Bertz CT molecular complexity index is 768. The summed E-state index contributed by atoms with van der Waals surface area (Å²) in [7, 11) is 0. The number of aromatic amines is 1. The number of nitrogens with one attached hydrogen (secondary N) is 1. The number of H-pyrrole nitrogens is 1. The van der Waals surface area contributed by atoms with Gasteiger partial charge in [0.05, 0.1) is 29.8 Å². The van der Waals surface area contributed by atoms with Gasteiger partial charge in [-0.25, -0.2) is 15.0 Å².